The molecule has 0 aromatic heterocycles. The second-order valence-corrected chi connectivity index (χ2v) is 9.03. The Bertz CT molecular complexity index is 1040. The zero-order valence-electron chi connectivity index (χ0n) is 19.0. The summed E-state index contributed by atoms with van der Waals surface area (Å²) in [5.74, 6) is -0.491. The van der Waals surface area contributed by atoms with Gasteiger partial charge in [0.2, 0.25) is 5.91 Å². The summed E-state index contributed by atoms with van der Waals surface area (Å²) in [4.78, 5) is 27.5. The molecule has 2 aromatic carbocycles. The van der Waals surface area contributed by atoms with Gasteiger partial charge in [-0.3, -0.25) is 9.59 Å². The topological polar surface area (TPSA) is 53.0 Å². The molecule has 4 rings (SSSR count). The Kier molecular flexibility index (Phi) is 6.40. The predicted molar refractivity (Wildman–Crippen MR) is 123 cm³/mol. The van der Waals surface area contributed by atoms with Gasteiger partial charge in [0.25, 0.3) is 5.91 Å². The van der Waals surface area contributed by atoms with Crippen LogP contribution in [0.15, 0.2) is 47.6 Å². The van der Waals surface area contributed by atoms with Gasteiger partial charge in [0, 0.05) is 19.4 Å². The molecular weight excluding hydrogens is 405 g/mol. The maximum absolute atomic E-state index is 13.5. The van der Waals surface area contributed by atoms with Crippen LogP contribution in [0.25, 0.3) is 0 Å². The Balaban J connectivity index is 1.58. The third-order valence-electron chi connectivity index (χ3n) is 6.71. The number of benzene rings is 2. The van der Waals surface area contributed by atoms with E-state index in [0.29, 0.717) is 6.42 Å². The van der Waals surface area contributed by atoms with E-state index in [-0.39, 0.29) is 36.1 Å². The fraction of sp³-hybridized carbons (Fsp3) is 0.423. The largest absolute Gasteiger partial charge is 0.336 e. The SMILES string of the molecule is Cc1ccc(C2=NN(C(=O)CN(C)C(=O)C3CCCC3)[C@H](c3ccc(F)cc3)C2)cc1C. The minimum Gasteiger partial charge on any atom is -0.336 e. The average molecular weight is 436 g/mol. The summed E-state index contributed by atoms with van der Waals surface area (Å²) in [6, 6.07) is 12.0. The lowest BCUT2D eigenvalue weighted by Gasteiger charge is -2.26. The predicted octanol–water partition coefficient (Wildman–Crippen LogP) is 4.77. The van der Waals surface area contributed by atoms with E-state index >= 15 is 0 Å². The zero-order chi connectivity index (χ0) is 22.8. The van der Waals surface area contributed by atoms with Crippen LogP contribution in [0.5, 0.6) is 0 Å². The maximum Gasteiger partial charge on any atom is 0.262 e. The third-order valence-corrected chi connectivity index (χ3v) is 6.71. The van der Waals surface area contributed by atoms with Gasteiger partial charge >= 0.3 is 0 Å². The quantitative estimate of drug-likeness (QED) is 0.679. The Morgan fingerprint density at radius 1 is 1.06 bits per heavy atom. The molecule has 2 aromatic rings. The summed E-state index contributed by atoms with van der Waals surface area (Å²) >= 11 is 0. The lowest BCUT2D eigenvalue weighted by atomic mass is 9.96. The minimum absolute atomic E-state index is 0.0171. The average Bonchev–Trinajstić information content (AvgIpc) is 3.46. The first-order valence-corrected chi connectivity index (χ1v) is 11.3. The van der Waals surface area contributed by atoms with Gasteiger partial charge in [0.05, 0.1) is 11.8 Å². The molecule has 0 bridgehead atoms. The molecule has 1 fully saturated rings. The molecule has 0 saturated heterocycles. The van der Waals surface area contributed by atoms with Crippen LogP contribution in [0, 0.1) is 25.6 Å². The van der Waals surface area contributed by atoms with Crippen molar-refractivity contribution in [3.8, 4) is 0 Å². The van der Waals surface area contributed by atoms with E-state index in [2.05, 4.69) is 31.1 Å². The molecule has 1 aliphatic carbocycles. The second kappa shape index (κ2) is 9.23. The van der Waals surface area contributed by atoms with Crippen molar-refractivity contribution in [1.82, 2.24) is 9.91 Å². The Morgan fingerprint density at radius 3 is 2.41 bits per heavy atom. The molecule has 1 atom stereocenters. The van der Waals surface area contributed by atoms with Crippen LogP contribution in [0.3, 0.4) is 0 Å². The summed E-state index contributed by atoms with van der Waals surface area (Å²) in [5.41, 5.74) is 4.98. The van der Waals surface area contributed by atoms with Crippen LogP contribution in [-0.4, -0.2) is 41.0 Å². The Labute approximate surface area is 188 Å². The Hall–Kier alpha value is -3.02. The van der Waals surface area contributed by atoms with Crippen LogP contribution in [0.1, 0.15) is 60.4 Å². The van der Waals surface area contributed by atoms with Crippen molar-refractivity contribution in [3.05, 3.63) is 70.5 Å². The first kappa shape index (κ1) is 22.2. The summed E-state index contributed by atoms with van der Waals surface area (Å²) in [5, 5.41) is 6.17. The van der Waals surface area contributed by atoms with Crippen molar-refractivity contribution in [2.75, 3.05) is 13.6 Å². The van der Waals surface area contributed by atoms with Crippen molar-refractivity contribution < 1.29 is 14.0 Å². The van der Waals surface area contributed by atoms with Crippen LogP contribution < -0.4 is 0 Å². The van der Waals surface area contributed by atoms with Crippen LogP contribution in [0.4, 0.5) is 4.39 Å². The van der Waals surface area contributed by atoms with E-state index in [1.807, 2.05) is 6.07 Å². The highest BCUT2D eigenvalue weighted by atomic mass is 19.1. The molecule has 2 amide bonds. The van der Waals surface area contributed by atoms with Crippen molar-refractivity contribution in [3.63, 3.8) is 0 Å². The molecule has 0 spiro atoms. The smallest absolute Gasteiger partial charge is 0.262 e. The first-order valence-electron chi connectivity index (χ1n) is 11.3. The normalized spacial score (nSPS) is 18.7. The molecule has 6 heteroatoms. The van der Waals surface area contributed by atoms with Crippen LogP contribution in [-0.2, 0) is 9.59 Å². The summed E-state index contributed by atoms with van der Waals surface area (Å²) < 4.78 is 13.5. The van der Waals surface area contributed by atoms with Crippen LogP contribution >= 0.6 is 0 Å². The highest BCUT2D eigenvalue weighted by Crippen LogP contribution is 2.33. The van der Waals surface area contributed by atoms with E-state index in [1.54, 1.807) is 19.2 Å². The lowest BCUT2D eigenvalue weighted by molar-refractivity contribution is -0.142. The zero-order valence-corrected chi connectivity index (χ0v) is 19.0. The van der Waals surface area contributed by atoms with E-state index in [9.17, 15) is 14.0 Å². The maximum atomic E-state index is 13.5. The van der Waals surface area contributed by atoms with Gasteiger partial charge in [-0.2, -0.15) is 5.10 Å². The number of hydrazone groups is 1. The molecule has 0 unspecified atom stereocenters. The van der Waals surface area contributed by atoms with Gasteiger partial charge in [0.15, 0.2) is 0 Å². The molecule has 0 N–H and O–H groups in total. The summed E-state index contributed by atoms with van der Waals surface area (Å²) in [7, 11) is 1.69. The number of hydrogen-bond acceptors (Lipinski definition) is 3. The Morgan fingerprint density at radius 2 is 1.75 bits per heavy atom. The van der Waals surface area contributed by atoms with Gasteiger partial charge in [-0.05, 0) is 67.1 Å². The molecule has 168 valence electrons. The number of nitrogens with zero attached hydrogens (tertiary/aromatic N) is 3. The van der Waals surface area contributed by atoms with Crippen molar-refractivity contribution in [2.45, 2.75) is 52.0 Å². The second-order valence-electron chi connectivity index (χ2n) is 9.03. The highest BCUT2D eigenvalue weighted by molar-refractivity contribution is 6.03. The monoisotopic (exact) mass is 435 g/mol. The molecule has 5 nitrogen and oxygen atoms in total. The van der Waals surface area contributed by atoms with Crippen LogP contribution in [0.2, 0.25) is 0 Å². The van der Waals surface area contributed by atoms with E-state index in [0.717, 1.165) is 48.1 Å². The standard InChI is InChI=1S/C26H30FN3O2/c1-17-8-9-21(14-18(17)2)23-15-24(19-10-12-22(27)13-11-19)30(28-23)25(31)16-29(3)26(32)20-6-4-5-7-20/h8-14,20,24H,4-7,15-16H2,1-3H3/t24-/m0/s1. The molecule has 1 heterocycles. The third kappa shape index (κ3) is 4.59. The van der Waals surface area contributed by atoms with Crippen molar-refractivity contribution in [1.29, 1.82) is 0 Å². The number of halogens is 1. The highest BCUT2D eigenvalue weighted by Gasteiger charge is 2.35. The van der Waals surface area contributed by atoms with Crippen molar-refractivity contribution >= 4 is 17.5 Å². The number of carbonyl (C=O) groups excluding carboxylic acids is 2. The molecule has 1 saturated carbocycles. The molecular formula is C26H30FN3O2. The fourth-order valence-corrected chi connectivity index (χ4v) is 4.62. The lowest BCUT2D eigenvalue weighted by Crippen LogP contribution is -2.41. The van der Waals surface area contributed by atoms with Crippen molar-refractivity contribution in [2.24, 2.45) is 11.0 Å². The van der Waals surface area contributed by atoms with Gasteiger partial charge < -0.3 is 4.90 Å². The fourth-order valence-electron chi connectivity index (χ4n) is 4.62. The number of carbonyl (C=O) groups is 2. The van der Waals surface area contributed by atoms with Gasteiger partial charge in [-0.15, -0.1) is 0 Å². The summed E-state index contributed by atoms with van der Waals surface area (Å²) in [6.45, 7) is 4.10. The first-order chi connectivity index (χ1) is 15.3. The van der Waals surface area contributed by atoms with E-state index in [1.165, 1.54) is 27.6 Å². The van der Waals surface area contributed by atoms with E-state index < -0.39 is 0 Å². The molecule has 0 radical (unpaired) electrons. The number of rotatable bonds is 5. The summed E-state index contributed by atoms with van der Waals surface area (Å²) in [6.07, 6.45) is 4.48. The minimum atomic E-state index is -0.324. The molecule has 32 heavy (non-hydrogen) atoms. The van der Waals surface area contributed by atoms with Gasteiger partial charge in [0.1, 0.15) is 12.4 Å². The van der Waals surface area contributed by atoms with E-state index in [4.69, 9.17) is 0 Å². The van der Waals surface area contributed by atoms with Gasteiger partial charge in [-0.25, -0.2) is 9.40 Å². The number of hydrogen-bond donors (Lipinski definition) is 0. The number of likely N-dealkylation sites (N-methyl/N-ethyl adjacent to an activating group) is 1. The molecule has 2 aliphatic rings. The number of aryl methyl sites for hydroxylation is 2. The van der Waals surface area contributed by atoms with Gasteiger partial charge in [-0.1, -0.05) is 37.1 Å². The molecule has 1 aliphatic heterocycles. The number of amides is 2.